The number of likely N-dealkylation sites (tertiary alicyclic amines) is 1. The first kappa shape index (κ1) is 12.1. The molecule has 2 heterocycles. The van der Waals surface area contributed by atoms with E-state index < -0.39 is 5.97 Å². The van der Waals surface area contributed by atoms with Gasteiger partial charge in [-0.25, -0.2) is 4.98 Å². The van der Waals surface area contributed by atoms with Crippen LogP contribution in [0.5, 0.6) is 0 Å². The van der Waals surface area contributed by atoms with E-state index in [2.05, 4.69) is 9.88 Å². The normalized spacial score (nSPS) is 18.4. The Labute approximate surface area is 101 Å². The Morgan fingerprint density at radius 2 is 2.24 bits per heavy atom. The van der Waals surface area contributed by atoms with Crippen molar-refractivity contribution < 1.29 is 9.90 Å². The van der Waals surface area contributed by atoms with Crippen LogP contribution in [0.2, 0.25) is 0 Å². The summed E-state index contributed by atoms with van der Waals surface area (Å²) in [4.78, 5) is 17.4. The second-order valence-electron chi connectivity index (χ2n) is 4.66. The second kappa shape index (κ2) is 5.31. The number of aliphatic carboxylic acids is 1. The van der Waals surface area contributed by atoms with Crippen LogP contribution in [0.25, 0.3) is 0 Å². The molecule has 2 rings (SSSR count). The summed E-state index contributed by atoms with van der Waals surface area (Å²) in [6.07, 6.45) is 6.24. The third kappa shape index (κ3) is 3.06. The van der Waals surface area contributed by atoms with Gasteiger partial charge < -0.3 is 14.6 Å². The van der Waals surface area contributed by atoms with Crippen molar-refractivity contribution in [2.24, 2.45) is 13.0 Å². The molecule has 0 unspecified atom stereocenters. The topological polar surface area (TPSA) is 58.4 Å². The Hall–Kier alpha value is -1.36. The lowest BCUT2D eigenvalue weighted by Gasteiger charge is -2.29. The lowest BCUT2D eigenvalue weighted by molar-refractivity contribution is -0.143. The summed E-state index contributed by atoms with van der Waals surface area (Å²) in [5, 5.41) is 8.91. The van der Waals surface area contributed by atoms with Crippen LogP contribution in [0.4, 0.5) is 0 Å². The Morgan fingerprint density at radius 3 is 2.76 bits per heavy atom. The summed E-state index contributed by atoms with van der Waals surface area (Å²) >= 11 is 0. The summed E-state index contributed by atoms with van der Waals surface area (Å²) in [7, 11) is 2.00. The van der Waals surface area contributed by atoms with Crippen molar-refractivity contribution in [3.8, 4) is 0 Å². The van der Waals surface area contributed by atoms with E-state index in [0.29, 0.717) is 0 Å². The third-order valence-electron chi connectivity index (χ3n) is 3.51. The van der Waals surface area contributed by atoms with Gasteiger partial charge in [0.15, 0.2) is 0 Å². The molecular weight excluding hydrogens is 218 g/mol. The molecule has 1 aliphatic rings. The fraction of sp³-hybridized carbons (Fsp3) is 0.667. The number of carboxylic acid groups (broad SMARTS) is 1. The van der Waals surface area contributed by atoms with Gasteiger partial charge in [0, 0.05) is 32.4 Å². The number of carbonyl (C=O) groups is 1. The maximum Gasteiger partial charge on any atom is 0.306 e. The standard InChI is InChI=1S/C12H19N3O2/c1-14-9-5-13-11(14)4-8-15-6-2-10(3-7-15)12(16)17/h5,9-10H,2-4,6-8H2,1H3,(H,16,17). The molecule has 0 aliphatic carbocycles. The number of nitrogens with zero attached hydrogens (tertiary/aromatic N) is 3. The van der Waals surface area contributed by atoms with Crippen LogP contribution in [0.3, 0.4) is 0 Å². The fourth-order valence-electron chi connectivity index (χ4n) is 2.30. The Kier molecular flexibility index (Phi) is 3.78. The highest BCUT2D eigenvalue weighted by Crippen LogP contribution is 2.17. The zero-order valence-corrected chi connectivity index (χ0v) is 10.2. The zero-order valence-electron chi connectivity index (χ0n) is 10.2. The molecule has 0 spiro atoms. The van der Waals surface area contributed by atoms with Gasteiger partial charge in [0.05, 0.1) is 5.92 Å². The summed E-state index contributed by atoms with van der Waals surface area (Å²) in [6.45, 7) is 2.75. The molecule has 1 aromatic heterocycles. The molecule has 1 aromatic rings. The van der Waals surface area contributed by atoms with Crippen LogP contribution in [0, 0.1) is 5.92 Å². The first-order valence-corrected chi connectivity index (χ1v) is 6.08. The van der Waals surface area contributed by atoms with Crippen molar-refractivity contribution in [1.29, 1.82) is 0 Å². The predicted molar refractivity (Wildman–Crippen MR) is 63.7 cm³/mol. The largest absolute Gasteiger partial charge is 0.481 e. The molecule has 94 valence electrons. The molecule has 0 bridgehead atoms. The lowest BCUT2D eigenvalue weighted by atomic mass is 9.97. The zero-order chi connectivity index (χ0) is 12.3. The Balaban J connectivity index is 1.75. The molecule has 0 saturated carbocycles. The monoisotopic (exact) mass is 237 g/mol. The van der Waals surface area contributed by atoms with Crippen molar-refractivity contribution in [2.45, 2.75) is 19.3 Å². The summed E-state index contributed by atoms with van der Waals surface area (Å²) < 4.78 is 2.03. The average molecular weight is 237 g/mol. The number of hydrogen-bond acceptors (Lipinski definition) is 3. The molecule has 1 aliphatic heterocycles. The van der Waals surface area contributed by atoms with Crippen LogP contribution in [0.15, 0.2) is 12.4 Å². The molecule has 17 heavy (non-hydrogen) atoms. The second-order valence-corrected chi connectivity index (χ2v) is 4.66. The van der Waals surface area contributed by atoms with Crippen molar-refractivity contribution in [2.75, 3.05) is 19.6 Å². The number of aryl methyl sites for hydroxylation is 1. The molecule has 1 fully saturated rings. The van der Waals surface area contributed by atoms with Gasteiger partial charge in [0.2, 0.25) is 0 Å². The average Bonchev–Trinajstić information content (AvgIpc) is 2.73. The van der Waals surface area contributed by atoms with Gasteiger partial charge in [-0.15, -0.1) is 0 Å². The Morgan fingerprint density at radius 1 is 1.53 bits per heavy atom. The van der Waals surface area contributed by atoms with Gasteiger partial charge in [-0.05, 0) is 25.9 Å². The molecule has 1 N–H and O–H groups in total. The van der Waals surface area contributed by atoms with Crippen LogP contribution >= 0.6 is 0 Å². The number of imidazole rings is 1. The molecular formula is C12H19N3O2. The number of aromatic nitrogens is 2. The van der Waals surface area contributed by atoms with Gasteiger partial charge in [-0.2, -0.15) is 0 Å². The van der Waals surface area contributed by atoms with E-state index in [1.807, 2.05) is 24.0 Å². The molecule has 5 nitrogen and oxygen atoms in total. The van der Waals surface area contributed by atoms with Gasteiger partial charge in [-0.3, -0.25) is 4.79 Å². The third-order valence-corrected chi connectivity index (χ3v) is 3.51. The van der Waals surface area contributed by atoms with E-state index >= 15 is 0 Å². The smallest absolute Gasteiger partial charge is 0.306 e. The van der Waals surface area contributed by atoms with Gasteiger partial charge in [0.1, 0.15) is 5.82 Å². The SMILES string of the molecule is Cn1ccnc1CCN1CCC(C(=O)O)CC1. The number of piperidine rings is 1. The van der Waals surface area contributed by atoms with Gasteiger partial charge in [0.25, 0.3) is 0 Å². The molecule has 1 saturated heterocycles. The van der Waals surface area contributed by atoms with Crippen LogP contribution < -0.4 is 0 Å². The molecule has 0 amide bonds. The van der Waals surface area contributed by atoms with Crippen LogP contribution in [-0.4, -0.2) is 45.2 Å². The highest BCUT2D eigenvalue weighted by molar-refractivity contribution is 5.70. The molecule has 0 aromatic carbocycles. The van der Waals surface area contributed by atoms with Crippen molar-refractivity contribution in [3.63, 3.8) is 0 Å². The minimum Gasteiger partial charge on any atom is -0.481 e. The molecule has 0 radical (unpaired) electrons. The fourth-order valence-corrected chi connectivity index (χ4v) is 2.30. The van der Waals surface area contributed by atoms with E-state index in [1.54, 1.807) is 0 Å². The highest BCUT2D eigenvalue weighted by atomic mass is 16.4. The Bertz CT molecular complexity index is 381. The highest BCUT2D eigenvalue weighted by Gasteiger charge is 2.24. The van der Waals surface area contributed by atoms with Gasteiger partial charge in [-0.1, -0.05) is 0 Å². The summed E-state index contributed by atoms with van der Waals surface area (Å²) in [5.74, 6) is 0.304. The minimum atomic E-state index is -0.645. The van der Waals surface area contributed by atoms with E-state index in [9.17, 15) is 4.79 Å². The minimum absolute atomic E-state index is 0.139. The van der Waals surface area contributed by atoms with E-state index in [0.717, 1.165) is 44.7 Å². The van der Waals surface area contributed by atoms with E-state index in [-0.39, 0.29) is 5.92 Å². The van der Waals surface area contributed by atoms with Gasteiger partial charge >= 0.3 is 5.97 Å². The maximum atomic E-state index is 10.8. The van der Waals surface area contributed by atoms with Crippen molar-refractivity contribution in [3.05, 3.63) is 18.2 Å². The predicted octanol–water partition coefficient (Wildman–Crippen LogP) is 0.759. The van der Waals surface area contributed by atoms with E-state index in [1.165, 1.54) is 0 Å². The van der Waals surface area contributed by atoms with Crippen molar-refractivity contribution in [1.82, 2.24) is 14.5 Å². The lowest BCUT2D eigenvalue weighted by Crippen LogP contribution is -2.37. The molecule has 0 atom stereocenters. The quantitative estimate of drug-likeness (QED) is 0.840. The first-order chi connectivity index (χ1) is 8.16. The van der Waals surface area contributed by atoms with Crippen LogP contribution in [0.1, 0.15) is 18.7 Å². The summed E-state index contributed by atoms with van der Waals surface area (Å²) in [6, 6.07) is 0. The van der Waals surface area contributed by atoms with Crippen molar-refractivity contribution >= 4 is 5.97 Å². The maximum absolute atomic E-state index is 10.8. The molecule has 5 heteroatoms. The number of hydrogen-bond donors (Lipinski definition) is 1. The van der Waals surface area contributed by atoms with Crippen LogP contribution in [-0.2, 0) is 18.3 Å². The number of carboxylic acids is 1. The van der Waals surface area contributed by atoms with E-state index in [4.69, 9.17) is 5.11 Å². The number of rotatable bonds is 4. The summed E-state index contributed by atoms with van der Waals surface area (Å²) in [5.41, 5.74) is 0. The first-order valence-electron chi connectivity index (χ1n) is 6.08.